The van der Waals surface area contributed by atoms with E-state index in [1.807, 2.05) is 13.8 Å². The largest absolute Gasteiger partial charge is 0.416 e. The molecule has 0 aliphatic rings. The van der Waals surface area contributed by atoms with Gasteiger partial charge < -0.3 is 5.11 Å². The molecule has 1 aromatic rings. The summed E-state index contributed by atoms with van der Waals surface area (Å²) in [7, 11) is 0. The Morgan fingerprint density at radius 1 is 1.26 bits per heavy atom. The molecule has 19 heavy (non-hydrogen) atoms. The zero-order chi connectivity index (χ0) is 14.6. The van der Waals surface area contributed by atoms with Crippen molar-refractivity contribution in [2.75, 3.05) is 0 Å². The predicted octanol–water partition coefficient (Wildman–Crippen LogP) is 4.70. The molecule has 0 amide bonds. The fourth-order valence-electron chi connectivity index (χ4n) is 2.19. The molecule has 0 saturated heterocycles. The number of benzene rings is 1. The Balaban J connectivity index is 3.00. The average Bonchev–Trinajstić information content (AvgIpc) is 2.27. The highest BCUT2D eigenvalue weighted by Gasteiger charge is 2.35. The van der Waals surface area contributed by atoms with Crippen LogP contribution in [0.3, 0.4) is 0 Å². The van der Waals surface area contributed by atoms with E-state index in [1.54, 1.807) is 0 Å². The van der Waals surface area contributed by atoms with Gasteiger partial charge in [0.05, 0.1) is 11.7 Å². The third-order valence-electron chi connectivity index (χ3n) is 3.09. The summed E-state index contributed by atoms with van der Waals surface area (Å²) in [6, 6.07) is 2.21. The van der Waals surface area contributed by atoms with Gasteiger partial charge in [0, 0.05) is 0 Å². The van der Waals surface area contributed by atoms with Crippen LogP contribution in [0, 0.1) is 11.7 Å². The second-order valence-electron chi connectivity index (χ2n) is 4.87. The highest BCUT2D eigenvalue weighted by Crippen LogP contribution is 2.37. The van der Waals surface area contributed by atoms with Crippen LogP contribution in [0.15, 0.2) is 18.2 Å². The van der Waals surface area contributed by atoms with E-state index in [9.17, 15) is 22.7 Å². The Hall–Kier alpha value is -1.10. The van der Waals surface area contributed by atoms with Gasteiger partial charge in [0.1, 0.15) is 5.82 Å². The molecule has 1 N–H and O–H groups in total. The minimum atomic E-state index is -4.59. The lowest BCUT2D eigenvalue weighted by Crippen LogP contribution is -2.14. The summed E-state index contributed by atoms with van der Waals surface area (Å²) >= 11 is 0. The molecule has 5 heteroatoms. The minimum Gasteiger partial charge on any atom is -0.388 e. The van der Waals surface area contributed by atoms with Crippen LogP contribution in [0.25, 0.3) is 0 Å². The lowest BCUT2D eigenvalue weighted by molar-refractivity contribution is -0.139. The van der Waals surface area contributed by atoms with Crippen LogP contribution in [-0.4, -0.2) is 5.11 Å². The average molecular weight is 278 g/mol. The van der Waals surface area contributed by atoms with Gasteiger partial charge in [-0.1, -0.05) is 26.7 Å². The van der Waals surface area contributed by atoms with Crippen molar-refractivity contribution in [2.45, 2.75) is 45.4 Å². The molecule has 0 spiro atoms. The Bertz CT molecular complexity index is 414. The number of hydrogen-bond acceptors (Lipinski definition) is 1. The molecule has 0 heterocycles. The summed E-state index contributed by atoms with van der Waals surface area (Å²) in [4.78, 5) is 0. The molecular weight excluding hydrogens is 260 g/mol. The molecule has 1 aromatic carbocycles. The molecule has 2 atom stereocenters. The Morgan fingerprint density at radius 3 is 2.42 bits per heavy atom. The molecule has 0 radical (unpaired) electrons. The summed E-state index contributed by atoms with van der Waals surface area (Å²) in [6.07, 6.45) is -3.98. The lowest BCUT2D eigenvalue weighted by atomic mass is 9.92. The molecule has 2 unspecified atom stereocenters. The topological polar surface area (TPSA) is 20.2 Å². The van der Waals surface area contributed by atoms with E-state index in [1.165, 1.54) is 0 Å². The first-order valence-electron chi connectivity index (χ1n) is 6.30. The monoisotopic (exact) mass is 278 g/mol. The SMILES string of the molecule is CCCC(C)CC(O)c1cc(F)ccc1C(F)(F)F. The summed E-state index contributed by atoms with van der Waals surface area (Å²) in [5.41, 5.74) is -1.35. The first-order valence-corrected chi connectivity index (χ1v) is 6.30. The van der Waals surface area contributed by atoms with Crippen LogP contribution in [0.1, 0.15) is 50.3 Å². The van der Waals surface area contributed by atoms with E-state index >= 15 is 0 Å². The third-order valence-corrected chi connectivity index (χ3v) is 3.09. The highest BCUT2D eigenvalue weighted by atomic mass is 19.4. The number of rotatable bonds is 5. The normalized spacial score (nSPS) is 15.3. The first kappa shape index (κ1) is 16.0. The molecule has 0 fully saturated rings. The second kappa shape index (κ2) is 6.37. The molecule has 108 valence electrons. The van der Waals surface area contributed by atoms with Crippen LogP contribution in [-0.2, 0) is 6.18 Å². The molecule has 0 saturated carbocycles. The van der Waals surface area contributed by atoms with Crippen molar-refractivity contribution in [3.05, 3.63) is 35.1 Å². The van der Waals surface area contributed by atoms with Gasteiger partial charge in [-0.05, 0) is 36.1 Å². The number of aliphatic hydroxyl groups excluding tert-OH is 1. The fraction of sp³-hybridized carbons (Fsp3) is 0.571. The van der Waals surface area contributed by atoms with Crippen LogP contribution in [0.5, 0.6) is 0 Å². The summed E-state index contributed by atoms with van der Waals surface area (Å²) in [5.74, 6) is -0.686. The standard InChI is InChI=1S/C14H18F4O/c1-3-4-9(2)7-13(19)11-8-10(15)5-6-12(11)14(16,17)18/h5-6,8-9,13,19H,3-4,7H2,1-2H3. The molecule has 0 aromatic heterocycles. The molecule has 1 nitrogen and oxygen atoms in total. The maximum Gasteiger partial charge on any atom is 0.416 e. The molecule has 0 aliphatic heterocycles. The summed E-state index contributed by atoms with van der Waals surface area (Å²) in [5, 5.41) is 9.92. The highest BCUT2D eigenvalue weighted by molar-refractivity contribution is 5.32. The van der Waals surface area contributed by atoms with Crippen molar-refractivity contribution >= 4 is 0 Å². The summed E-state index contributed by atoms with van der Waals surface area (Å²) in [6.45, 7) is 3.82. The van der Waals surface area contributed by atoms with Crippen LogP contribution in [0.2, 0.25) is 0 Å². The zero-order valence-electron chi connectivity index (χ0n) is 11.0. The number of halogens is 4. The van der Waals surface area contributed by atoms with Crippen LogP contribution >= 0.6 is 0 Å². The van der Waals surface area contributed by atoms with Crippen molar-refractivity contribution in [2.24, 2.45) is 5.92 Å². The van der Waals surface area contributed by atoms with Crippen molar-refractivity contribution in [3.8, 4) is 0 Å². The molecular formula is C14H18F4O. The molecule has 1 rings (SSSR count). The van der Waals surface area contributed by atoms with Gasteiger partial charge in [-0.2, -0.15) is 13.2 Å². The van der Waals surface area contributed by atoms with E-state index in [0.29, 0.717) is 6.07 Å². The van der Waals surface area contributed by atoms with Gasteiger partial charge in [-0.25, -0.2) is 4.39 Å². The van der Waals surface area contributed by atoms with Crippen molar-refractivity contribution in [3.63, 3.8) is 0 Å². The number of alkyl halides is 3. The van der Waals surface area contributed by atoms with E-state index in [2.05, 4.69) is 0 Å². The fourth-order valence-corrected chi connectivity index (χ4v) is 2.19. The predicted molar refractivity (Wildman–Crippen MR) is 65.1 cm³/mol. The van der Waals surface area contributed by atoms with E-state index in [4.69, 9.17) is 0 Å². The maximum atomic E-state index is 13.1. The number of aliphatic hydroxyl groups is 1. The van der Waals surface area contributed by atoms with E-state index < -0.39 is 23.7 Å². The smallest absolute Gasteiger partial charge is 0.388 e. The van der Waals surface area contributed by atoms with Crippen molar-refractivity contribution in [1.82, 2.24) is 0 Å². The Labute approximate surface area is 110 Å². The minimum absolute atomic E-state index is 0.0874. The van der Waals surface area contributed by atoms with E-state index in [0.717, 1.165) is 25.0 Å². The maximum absolute atomic E-state index is 13.1. The van der Waals surface area contributed by atoms with Gasteiger partial charge in [0.25, 0.3) is 0 Å². The van der Waals surface area contributed by atoms with Crippen LogP contribution in [0.4, 0.5) is 17.6 Å². The van der Waals surface area contributed by atoms with Crippen molar-refractivity contribution < 1.29 is 22.7 Å². The Kier molecular flexibility index (Phi) is 5.35. The van der Waals surface area contributed by atoms with Crippen molar-refractivity contribution in [1.29, 1.82) is 0 Å². The summed E-state index contributed by atoms with van der Waals surface area (Å²) < 4.78 is 51.5. The third kappa shape index (κ3) is 4.49. The van der Waals surface area contributed by atoms with Gasteiger partial charge in [-0.3, -0.25) is 0 Å². The van der Waals surface area contributed by atoms with E-state index in [-0.39, 0.29) is 17.9 Å². The number of hydrogen-bond donors (Lipinski definition) is 1. The van der Waals surface area contributed by atoms with Crippen LogP contribution < -0.4 is 0 Å². The van der Waals surface area contributed by atoms with Gasteiger partial charge in [0.15, 0.2) is 0 Å². The van der Waals surface area contributed by atoms with Gasteiger partial charge in [-0.15, -0.1) is 0 Å². The lowest BCUT2D eigenvalue weighted by Gasteiger charge is -2.20. The molecule has 0 aliphatic carbocycles. The van der Waals surface area contributed by atoms with Gasteiger partial charge in [0.2, 0.25) is 0 Å². The second-order valence-corrected chi connectivity index (χ2v) is 4.87. The van der Waals surface area contributed by atoms with Gasteiger partial charge >= 0.3 is 6.18 Å². The molecule has 0 bridgehead atoms. The Morgan fingerprint density at radius 2 is 1.89 bits per heavy atom. The quantitative estimate of drug-likeness (QED) is 0.774. The zero-order valence-corrected chi connectivity index (χ0v) is 11.0. The first-order chi connectivity index (χ1) is 8.75.